The lowest BCUT2D eigenvalue weighted by Crippen LogP contribution is -1.90. The van der Waals surface area contributed by atoms with Gasteiger partial charge in [-0.2, -0.15) is 0 Å². The summed E-state index contributed by atoms with van der Waals surface area (Å²) in [5.41, 5.74) is 2.59. The highest BCUT2D eigenvalue weighted by molar-refractivity contribution is 5.48. The van der Waals surface area contributed by atoms with Crippen LogP contribution in [0.1, 0.15) is 37.2 Å². The summed E-state index contributed by atoms with van der Waals surface area (Å²) in [5.74, 6) is 0.825. The zero-order chi connectivity index (χ0) is 9.10. The first-order valence-electron chi connectivity index (χ1n) is 5.10. The van der Waals surface area contributed by atoms with E-state index in [9.17, 15) is 0 Å². The van der Waals surface area contributed by atoms with Crippen molar-refractivity contribution in [2.24, 2.45) is 0 Å². The van der Waals surface area contributed by atoms with Crippen molar-refractivity contribution in [3.05, 3.63) is 35.1 Å². The van der Waals surface area contributed by atoms with Crippen LogP contribution in [0.4, 0.5) is 5.69 Å². The molecular weight excluding hydrogens is 158 g/mol. The smallest absolute Gasteiger partial charge is 0.0162 e. The highest BCUT2D eigenvalue weighted by Crippen LogP contribution is 2.34. The Morgan fingerprint density at radius 2 is 1.69 bits per heavy atom. The molecule has 1 nitrogen and oxygen atoms in total. The van der Waals surface area contributed by atoms with Crippen LogP contribution in [0.5, 0.6) is 0 Å². The Balaban J connectivity index is 2.12. The average Bonchev–Trinajstić information content (AvgIpc) is 2.71. The fourth-order valence-corrected chi connectivity index (χ4v) is 2.15. The molecule has 0 spiro atoms. The van der Waals surface area contributed by atoms with E-state index >= 15 is 0 Å². The number of nitrogens with zero attached hydrogens (tertiary/aromatic N) is 1. The average molecular weight is 174 g/mol. The van der Waals surface area contributed by atoms with Crippen molar-refractivity contribution in [3.63, 3.8) is 0 Å². The van der Waals surface area contributed by atoms with Gasteiger partial charge in [-0.1, -0.05) is 37.1 Å². The van der Waals surface area contributed by atoms with Gasteiger partial charge in [0, 0.05) is 0 Å². The van der Waals surface area contributed by atoms with E-state index in [4.69, 9.17) is 0 Å². The van der Waals surface area contributed by atoms with E-state index < -0.39 is 0 Å². The largest absolute Gasteiger partial charge is 0.687 e. The number of benzene rings is 1. The molecule has 0 heterocycles. The molecule has 0 N–H and O–H groups in total. The quantitative estimate of drug-likeness (QED) is 0.644. The third-order valence-electron chi connectivity index (χ3n) is 2.98. The lowest BCUT2D eigenvalue weighted by atomic mass is 9.98. The van der Waals surface area contributed by atoms with Gasteiger partial charge in [-0.3, -0.25) is 0 Å². The van der Waals surface area contributed by atoms with Crippen molar-refractivity contribution in [3.8, 4) is 0 Å². The molecule has 1 aromatic carbocycles. The molecule has 0 aromatic heterocycles. The predicted molar refractivity (Wildman–Crippen MR) is 56.6 cm³/mol. The second-order valence-electron chi connectivity index (χ2n) is 3.80. The van der Waals surface area contributed by atoms with Gasteiger partial charge in [0.25, 0.3) is 0 Å². The van der Waals surface area contributed by atoms with Gasteiger partial charge in [0.1, 0.15) is 0 Å². The van der Waals surface area contributed by atoms with Gasteiger partial charge in [-0.15, -0.1) is 12.7 Å². The van der Waals surface area contributed by atoms with Crippen LogP contribution >= 0.6 is 0 Å². The Morgan fingerprint density at radius 1 is 1.08 bits per heavy atom. The van der Waals surface area contributed by atoms with Crippen molar-refractivity contribution < 1.29 is 0 Å². The molecule has 1 aliphatic rings. The minimum atomic E-state index is 0.825. The normalized spacial score (nSPS) is 17.6. The van der Waals surface area contributed by atoms with E-state index in [0.29, 0.717) is 0 Å². The third kappa shape index (κ3) is 1.85. The fourth-order valence-electron chi connectivity index (χ4n) is 2.15. The predicted octanol–water partition coefficient (Wildman–Crippen LogP) is 3.98. The molecule has 0 saturated heterocycles. The van der Waals surface area contributed by atoms with Gasteiger partial charge in [-0.25, -0.2) is 0 Å². The maximum Gasteiger partial charge on any atom is -0.0162 e. The monoisotopic (exact) mass is 174 g/mol. The van der Waals surface area contributed by atoms with E-state index in [1.807, 2.05) is 7.05 Å². The van der Waals surface area contributed by atoms with Crippen molar-refractivity contribution in [2.75, 3.05) is 7.05 Å². The molecule has 0 atom stereocenters. The van der Waals surface area contributed by atoms with Crippen LogP contribution in [-0.2, 0) is 0 Å². The maximum atomic E-state index is 4.14. The van der Waals surface area contributed by atoms with Crippen LogP contribution in [0.15, 0.2) is 24.3 Å². The molecule has 1 saturated carbocycles. The Morgan fingerprint density at radius 3 is 2.23 bits per heavy atom. The summed E-state index contributed by atoms with van der Waals surface area (Å²) in [6, 6.07) is 8.71. The molecule has 0 amide bonds. The van der Waals surface area contributed by atoms with Gasteiger partial charge in [0.15, 0.2) is 0 Å². The summed E-state index contributed by atoms with van der Waals surface area (Å²) in [7, 11) is 1.84. The molecule has 70 valence electrons. The van der Waals surface area contributed by atoms with Crippen LogP contribution in [0.2, 0.25) is 0 Å². The first kappa shape index (κ1) is 8.61. The molecule has 0 bridgehead atoms. The summed E-state index contributed by atoms with van der Waals surface area (Å²) in [6.07, 6.45) is 5.57. The van der Waals surface area contributed by atoms with Crippen molar-refractivity contribution in [1.82, 2.24) is 0 Å². The highest BCUT2D eigenvalue weighted by atomic mass is 14.8. The van der Waals surface area contributed by atoms with Crippen LogP contribution < -0.4 is 0 Å². The van der Waals surface area contributed by atoms with Gasteiger partial charge < -0.3 is 5.32 Å². The van der Waals surface area contributed by atoms with Crippen molar-refractivity contribution in [2.45, 2.75) is 31.6 Å². The second kappa shape index (κ2) is 3.82. The van der Waals surface area contributed by atoms with Gasteiger partial charge >= 0.3 is 0 Å². The van der Waals surface area contributed by atoms with E-state index in [2.05, 4.69) is 29.6 Å². The molecule has 1 heteroatoms. The molecule has 0 radical (unpaired) electrons. The Kier molecular flexibility index (Phi) is 2.53. The van der Waals surface area contributed by atoms with Crippen molar-refractivity contribution >= 4 is 5.69 Å². The van der Waals surface area contributed by atoms with Gasteiger partial charge in [-0.05, 0) is 24.3 Å². The molecule has 0 unspecified atom stereocenters. The fraction of sp³-hybridized carbons (Fsp3) is 0.500. The molecule has 13 heavy (non-hydrogen) atoms. The first-order valence-corrected chi connectivity index (χ1v) is 5.10. The molecule has 1 fully saturated rings. The Bertz CT molecular complexity index is 257. The van der Waals surface area contributed by atoms with E-state index in [1.54, 1.807) is 0 Å². The Hall–Kier alpha value is -0.980. The summed E-state index contributed by atoms with van der Waals surface area (Å²) in [4.78, 5) is 0. The van der Waals surface area contributed by atoms with Gasteiger partial charge in [0.05, 0.1) is 0 Å². The lowest BCUT2D eigenvalue weighted by molar-refractivity contribution is 0.723. The summed E-state index contributed by atoms with van der Waals surface area (Å²) < 4.78 is 0. The third-order valence-corrected chi connectivity index (χ3v) is 2.98. The van der Waals surface area contributed by atoms with Crippen molar-refractivity contribution in [1.29, 1.82) is 0 Å². The summed E-state index contributed by atoms with van der Waals surface area (Å²) in [5, 5.41) is 4.14. The minimum Gasteiger partial charge on any atom is -0.687 e. The minimum absolute atomic E-state index is 0.825. The zero-order valence-electron chi connectivity index (χ0n) is 8.16. The van der Waals surface area contributed by atoms with Crippen LogP contribution in [-0.4, -0.2) is 7.05 Å². The number of hydrogen-bond acceptors (Lipinski definition) is 0. The Labute approximate surface area is 80.2 Å². The van der Waals surface area contributed by atoms with Crippen LogP contribution in [0.3, 0.4) is 0 Å². The number of hydrogen-bond donors (Lipinski definition) is 0. The zero-order valence-corrected chi connectivity index (χ0v) is 8.16. The molecule has 2 rings (SSSR count). The van der Waals surface area contributed by atoms with Gasteiger partial charge in [0.2, 0.25) is 0 Å². The topological polar surface area (TPSA) is 14.1 Å². The second-order valence-corrected chi connectivity index (χ2v) is 3.80. The maximum absolute atomic E-state index is 4.14. The summed E-state index contributed by atoms with van der Waals surface area (Å²) in [6.45, 7) is 0. The highest BCUT2D eigenvalue weighted by Gasteiger charge is 2.15. The summed E-state index contributed by atoms with van der Waals surface area (Å²) >= 11 is 0. The number of rotatable bonds is 2. The van der Waals surface area contributed by atoms with Crippen LogP contribution in [0.25, 0.3) is 5.32 Å². The molecule has 0 aliphatic heterocycles. The molecule has 1 aliphatic carbocycles. The standard InChI is InChI=1S/C12H16N/c1-13-12-8-6-11(7-9-12)10-4-2-3-5-10/h6-10H,2-5H2,1H3/q-1. The SMILES string of the molecule is C[N-]c1ccc(C2CCCC2)cc1. The first-order chi connectivity index (χ1) is 6.40. The molecular formula is C12H16N-. The van der Waals surface area contributed by atoms with E-state index in [0.717, 1.165) is 11.6 Å². The van der Waals surface area contributed by atoms with Crippen LogP contribution in [0, 0.1) is 0 Å². The lowest BCUT2D eigenvalue weighted by Gasteiger charge is -2.15. The van der Waals surface area contributed by atoms with E-state index in [-0.39, 0.29) is 0 Å². The molecule has 1 aromatic rings. The van der Waals surface area contributed by atoms with E-state index in [1.165, 1.54) is 31.2 Å².